The zero-order valence-electron chi connectivity index (χ0n) is 27.1. The van der Waals surface area contributed by atoms with Crippen molar-refractivity contribution in [2.24, 2.45) is 0 Å². The van der Waals surface area contributed by atoms with E-state index in [0.717, 1.165) is 50.3 Å². The zero-order chi connectivity index (χ0) is 33.1. The van der Waals surface area contributed by atoms with Crippen LogP contribution in [0.4, 0.5) is 0 Å². The number of nitrogens with zero attached hydrogens (tertiary/aromatic N) is 2. The van der Waals surface area contributed by atoms with Gasteiger partial charge < -0.3 is 4.74 Å². The maximum absolute atomic E-state index is 6.79. The minimum Gasteiger partial charge on any atom is -0.457 e. The molecule has 0 fully saturated rings. The third-order valence-corrected chi connectivity index (χ3v) is 10.2. The minimum atomic E-state index is -0.695. The first-order chi connectivity index (χ1) is 24.8. The Bertz CT molecular complexity index is 2670. The third-order valence-electron chi connectivity index (χ3n) is 10.2. The van der Waals surface area contributed by atoms with E-state index in [1.54, 1.807) is 0 Å². The standard InChI is InChI=1S/C47H30N2O/c1-2-14-33(15-3-1)46-48-42-20-10-8-18-39(42)45(49-46)36-24-27-44-41(30-36)47(40-19-9-11-21-43(40)50-44,37-25-22-31-12-4-6-16-34(31)28-37)38-26-23-32-13-5-7-17-35(32)29-38/h1-30H. The van der Waals surface area contributed by atoms with Gasteiger partial charge >= 0.3 is 0 Å². The maximum Gasteiger partial charge on any atom is 0.160 e. The fourth-order valence-electron chi connectivity index (χ4n) is 7.84. The van der Waals surface area contributed by atoms with Crippen LogP contribution in [0.2, 0.25) is 0 Å². The van der Waals surface area contributed by atoms with Gasteiger partial charge in [-0.3, -0.25) is 0 Å². The Hall–Kier alpha value is -6.58. The van der Waals surface area contributed by atoms with Crippen LogP contribution in [0.15, 0.2) is 182 Å². The molecule has 0 saturated heterocycles. The predicted octanol–water partition coefficient (Wildman–Crippen LogP) is 11.8. The Morgan fingerprint density at radius 3 is 1.74 bits per heavy atom. The monoisotopic (exact) mass is 638 g/mol. The summed E-state index contributed by atoms with van der Waals surface area (Å²) in [4.78, 5) is 10.3. The largest absolute Gasteiger partial charge is 0.457 e. The molecule has 0 bridgehead atoms. The van der Waals surface area contributed by atoms with Crippen LogP contribution in [-0.4, -0.2) is 9.97 Å². The van der Waals surface area contributed by atoms with Crippen molar-refractivity contribution in [3.05, 3.63) is 204 Å². The number of benzene rings is 8. The number of para-hydroxylation sites is 2. The Balaban J connectivity index is 1.31. The van der Waals surface area contributed by atoms with Gasteiger partial charge in [-0.05, 0) is 75.1 Å². The van der Waals surface area contributed by atoms with E-state index in [0.29, 0.717) is 5.82 Å². The summed E-state index contributed by atoms with van der Waals surface area (Å²) in [7, 11) is 0. The van der Waals surface area contributed by atoms with Gasteiger partial charge in [-0.2, -0.15) is 0 Å². The van der Waals surface area contributed by atoms with Crippen LogP contribution in [0.3, 0.4) is 0 Å². The lowest BCUT2D eigenvalue weighted by Crippen LogP contribution is -2.34. The molecule has 1 aromatic heterocycles. The predicted molar refractivity (Wildman–Crippen MR) is 204 cm³/mol. The van der Waals surface area contributed by atoms with Crippen molar-refractivity contribution in [1.82, 2.24) is 9.97 Å². The van der Waals surface area contributed by atoms with E-state index in [1.165, 1.54) is 32.7 Å². The molecule has 0 amide bonds. The summed E-state index contributed by atoms with van der Waals surface area (Å²) in [5.41, 5.74) is 7.63. The van der Waals surface area contributed by atoms with Crippen LogP contribution >= 0.6 is 0 Å². The van der Waals surface area contributed by atoms with E-state index in [4.69, 9.17) is 14.7 Å². The van der Waals surface area contributed by atoms with Crippen molar-refractivity contribution in [3.63, 3.8) is 0 Å². The topological polar surface area (TPSA) is 35.0 Å². The number of ether oxygens (including phenoxy) is 1. The molecule has 3 heteroatoms. The van der Waals surface area contributed by atoms with Gasteiger partial charge in [-0.15, -0.1) is 0 Å². The summed E-state index contributed by atoms with van der Waals surface area (Å²) in [5.74, 6) is 2.39. The van der Waals surface area contributed by atoms with Crippen molar-refractivity contribution < 1.29 is 4.74 Å². The summed E-state index contributed by atoms with van der Waals surface area (Å²) < 4.78 is 6.79. The average molecular weight is 639 g/mol. The Labute approximate surface area is 290 Å². The molecule has 0 saturated carbocycles. The van der Waals surface area contributed by atoms with E-state index in [1.807, 2.05) is 24.3 Å². The third kappa shape index (κ3) is 4.37. The number of rotatable bonds is 4. The van der Waals surface area contributed by atoms with Crippen LogP contribution in [-0.2, 0) is 5.41 Å². The summed E-state index contributed by atoms with van der Waals surface area (Å²) >= 11 is 0. The van der Waals surface area contributed by atoms with Gasteiger partial charge in [0.2, 0.25) is 0 Å². The molecule has 0 aliphatic carbocycles. The lowest BCUT2D eigenvalue weighted by Gasteiger charge is -2.42. The first-order valence-electron chi connectivity index (χ1n) is 17.0. The lowest BCUT2D eigenvalue weighted by atomic mass is 9.63. The second-order valence-corrected chi connectivity index (χ2v) is 13.0. The van der Waals surface area contributed by atoms with Gasteiger partial charge in [0.15, 0.2) is 5.82 Å². The lowest BCUT2D eigenvalue weighted by molar-refractivity contribution is 0.435. The van der Waals surface area contributed by atoms with E-state index in [2.05, 4.69) is 158 Å². The van der Waals surface area contributed by atoms with Crippen LogP contribution in [0.1, 0.15) is 22.3 Å². The zero-order valence-corrected chi connectivity index (χ0v) is 27.1. The van der Waals surface area contributed by atoms with Gasteiger partial charge in [-0.25, -0.2) is 9.97 Å². The molecule has 0 radical (unpaired) electrons. The molecule has 0 spiro atoms. The van der Waals surface area contributed by atoms with Crippen molar-refractivity contribution in [2.45, 2.75) is 5.41 Å². The molecule has 1 aliphatic heterocycles. The van der Waals surface area contributed by atoms with E-state index in [9.17, 15) is 0 Å². The first-order valence-corrected chi connectivity index (χ1v) is 17.0. The van der Waals surface area contributed by atoms with Crippen LogP contribution in [0.25, 0.3) is 55.1 Å². The molecule has 50 heavy (non-hydrogen) atoms. The smallest absolute Gasteiger partial charge is 0.160 e. The number of aromatic nitrogens is 2. The summed E-state index contributed by atoms with van der Waals surface area (Å²) in [6.07, 6.45) is 0. The first kappa shape index (κ1) is 28.4. The van der Waals surface area contributed by atoms with Gasteiger partial charge in [0.1, 0.15) is 11.5 Å². The molecule has 0 N–H and O–H groups in total. The Morgan fingerprint density at radius 1 is 0.400 bits per heavy atom. The van der Waals surface area contributed by atoms with Crippen molar-refractivity contribution in [1.29, 1.82) is 0 Å². The van der Waals surface area contributed by atoms with Crippen LogP contribution in [0.5, 0.6) is 11.5 Å². The second-order valence-electron chi connectivity index (χ2n) is 13.0. The fourth-order valence-corrected chi connectivity index (χ4v) is 7.84. The molecular formula is C47H30N2O. The normalized spacial score (nSPS) is 13.1. The van der Waals surface area contributed by atoms with Gasteiger partial charge in [0.05, 0.1) is 16.6 Å². The molecule has 8 aromatic carbocycles. The average Bonchev–Trinajstić information content (AvgIpc) is 3.19. The molecule has 10 rings (SSSR count). The summed E-state index contributed by atoms with van der Waals surface area (Å²) in [5, 5.41) is 5.81. The van der Waals surface area contributed by atoms with Crippen molar-refractivity contribution >= 4 is 32.4 Å². The Morgan fingerprint density at radius 2 is 1.00 bits per heavy atom. The maximum atomic E-state index is 6.79. The summed E-state index contributed by atoms with van der Waals surface area (Å²) in [6, 6.07) is 64.5. The highest BCUT2D eigenvalue weighted by Gasteiger charge is 2.45. The van der Waals surface area contributed by atoms with Gasteiger partial charge in [0, 0.05) is 27.6 Å². The molecule has 1 aliphatic rings. The van der Waals surface area contributed by atoms with Gasteiger partial charge in [-0.1, -0.05) is 140 Å². The molecule has 2 heterocycles. The number of fused-ring (bicyclic) bond motifs is 5. The van der Waals surface area contributed by atoms with Crippen molar-refractivity contribution in [3.8, 4) is 34.1 Å². The number of hydrogen-bond acceptors (Lipinski definition) is 3. The second kappa shape index (κ2) is 11.3. The molecule has 234 valence electrons. The molecule has 0 unspecified atom stereocenters. The highest BCUT2D eigenvalue weighted by Crippen LogP contribution is 2.56. The molecular weight excluding hydrogens is 609 g/mol. The minimum absolute atomic E-state index is 0.695. The highest BCUT2D eigenvalue weighted by molar-refractivity contribution is 5.94. The van der Waals surface area contributed by atoms with E-state index in [-0.39, 0.29) is 0 Å². The van der Waals surface area contributed by atoms with E-state index >= 15 is 0 Å². The molecule has 3 nitrogen and oxygen atoms in total. The quantitative estimate of drug-likeness (QED) is 0.192. The van der Waals surface area contributed by atoms with Crippen LogP contribution < -0.4 is 4.74 Å². The van der Waals surface area contributed by atoms with Crippen molar-refractivity contribution in [2.75, 3.05) is 0 Å². The van der Waals surface area contributed by atoms with E-state index < -0.39 is 5.41 Å². The summed E-state index contributed by atoms with van der Waals surface area (Å²) in [6.45, 7) is 0. The molecule has 0 atom stereocenters. The van der Waals surface area contributed by atoms with Gasteiger partial charge in [0.25, 0.3) is 0 Å². The number of hydrogen-bond donors (Lipinski definition) is 0. The van der Waals surface area contributed by atoms with Crippen LogP contribution in [0, 0.1) is 0 Å². The highest BCUT2D eigenvalue weighted by atomic mass is 16.5. The molecule has 9 aromatic rings. The Kier molecular flexibility index (Phi) is 6.40. The fraction of sp³-hybridized carbons (Fsp3) is 0.0213. The SMILES string of the molecule is c1ccc(-c2nc(-c3ccc4c(c3)C(c3ccc5ccccc5c3)(c3ccc5ccccc5c3)c3ccccc3O4)c3ccccc3n2)cc1.